The molecule has 0 unspecified atom stereocenters. The van der Waals surface area contributed by atoms with Gasteiger partial charge in [-0.2, -0.15) is 0 Å². The van der Waals surface area contributed by atoms with Crippen LogP contribution in [-0.4, -0.2) is 31.5 Å². The minimum Gasteiger partial charge on any atom is -0.478 e. The van der Waals surface area contributed by atoms with Crippen LogP contribution in [0.2, 0.25) is 0 Å². The van der Waals surface area contributed by atoms with E-state index in [-0.39, 0.29) is 5.57 Å². The fourth-order valence-electron chi connectivity index (χ4n) is 0.0833. The van der Waals surface area contributed by atoms with Crippen molar-refractivity contribution in [2.75, 3.05) is 14.2 Å². The second-order valence-corrected chi connectivity index (χ2v) is 1.74. The monoisotopic (exact) mass is 176 g/mol. The van der Waals surface area contributed by atoms with Crippen molar-refractivity contribution in [3.8, 4) is 0 Å². The minimum absolute atomic E-state index is 0.176. The van der Waals surface area contributed by atoms with Crippen LogP contribution in [0.5, 0.6) is 0 Å². The Balaban J connectivity index is 0. The van der Waals surface area contributed by atoms with Crippen LogP contribution in [0.4, 0.5) is 4.79 Å². The van der Waals surface area contributed by atoms with Gasteiger partial charge in [-0.25, -0.2) is 9.59 Å². The summed E-state index contributed by atoms with van der Waals surface area (Å²) in [6.07, 6.45) is -0.657. The maximum absolute atomic E-state index is 9.74. The molecule has 0 aromatic carbocycles. The van der Waals surface area contributed by atoms with E-state index in [1.54, 1.807) is 0 Å². The Morgan fingerprint density at radius 1 is 1.25 bits per heavy atom. The van der Waals surface area contributed by atoms with Crippen LogP contribution < -0.4 is 0 Å². The number of carboxylic acids is 1. The Kier molecular flexibility index (Phi) is 8.28. The van der Waals surface area contributed by atoms with E-state index in [1.165, 1.54) is 21.1 Å². The molecule has 0 aromatic rings. The first kappa shape index (κ1) is 13.1. The van der Waals surface area contributed by atoms with Crippen LogP contribution >= 0.6 is 0 Å². The summed E-state index contributed by atoms with van der Waals surface area (Å²) in [7, 11) is 2.51. The van der Waals surface area contributed by atoms with E-state index in [0.717, 1.165) is 0 Å². The lowest BCUT2D eigenvalue weighted by Crippen LogP contribution is -1.97. The second-order valence-electron chi connectivity index (χ2n) is 1.74. The number of hydrogen-bond acceptors (Lipinski definition) is 4. The normalized spacial score (nSPS) is 7.25. The molecule has 0 saturated heterocycles. The molecule has 0 aliphatic rings. The molecule has 70 valence electrons. The molecule has 1 N–H and O–H groups in total. The van der Waals surface area contributed by atoms with Gasteiger partial charge in [-0.15, -0.1) is 0 Å². The number of carbonyl (C=O) groups is 2. The van der Waals surface area contributed by atoms with Crippen molar-refractivity contribution in [1.29, 1.82) is 0 Å². The van der Waals surface area contributed by atoms with E-state index >= 15 is 0 Å². The SMILES string of the molecule is C=C(C)C(=O)O.COC(=O)OC. The molecule has 0 aliphatic heterocycles. The van der Waals surface area contributed by atoms with Crippen molar-refractivity contribution in [2.24, 2.45) is 0 Å². The van der Waals surface area contributed by atoms with Gasteiger partial charge in [0.15, 0.2) is 0 Å². The zero-order valence-electron chi connectivity index (χ0n) is 7.29. The standard InChI is InChI=1S/C4H6O2.C3H6O3/c1-3(2)4(5)6;1-5-3(4)6-2/h1H2,2H3,(H,5,6);1-2H3. The van der Waals surface area contributed by atoms with Gasteiger partial charge in [0.05, 0.1) is 14.2 Å². The Bertz CT molecular complexity index is 155. The van der Waals surface area contributed by atoms with Crippen molar-refractivity contribution in [3.05, 3.63) is 12.2 Å². The molecule has 0 amide bonds. The third-order valence-electron chi connectivity index (χ3n) is 0.698. The molecule has 0 aliphatic carbocycles. The highest BCUT2D eigenvalue weighted by atomic mass is 16.7. The molecule has 5 heteroatoms. The Morgan fingerprint density at radius 2 is 1.50 bits per heavy atom. The lowest BCUT2D eigenvalue weighted by molar-refractivity contribution is -0.132. The number of hydrogen-bond donors (Lipinski definition) is 1. The van der Waals surface area contributed by atoms with Gasteiger partial charge in [-0.1, -0.05) is 6.58 Å². The number of carboxylic acid groups (broad SMARTS) is 1. The largest absolute Gasteiger partial charge is 0.507 e. The molecule has 0 atom stereocenters. The third-order valence-corrected chi connectivity index (χ3v) is 0.698. The first-order valence-corrected chi connectivity index (χ1v) is 2.96. The van der Waals surface area contributed by atoms with Gasteiger partial charge in [-0.3, -0.25) is 0 Å². The summed E-state index contributed by atoms with van der Waals surface area (Å²) in [5, 5.41) is 7.89. The van der Waals surface area contributed by atoms with E-state index in [0.29, 0.717) is 0 Å². The van der Waals surface area contributed by atoms with E-state index in [4.69, 9.17) is 5.11 Å². The van der Waals surface area contributed by atoms with E-state index in [9.17, 15) is 9.59 Å². The van der Waals surface area contributed by atoms with E-state index in [2.05, 4.69) is 16.1 Å². The topological polar surface area (TPSA) is 72.8 Å². The molecule has 12 heavy (non-hydrogen) atoms. The summed E-state index contributed by atoms with van der Waals surface area (Å²) in [5.74, 6) is -0.935. The Morgan fingerprint density at radius 3 is 1.50 bits per heavy atom. The first-order chi connectivity index (χ1) is 5.45. The lowest BCUT2D eigenvalue weighted by Gasteiger charge is -1.89. The molecule has 0 bridgehead atoms. The van der Waals surface area contributed by atoms with Gasteiger partial charge in [0.2, 0.25) is 0 Å². The highest BCUT2D eigenvalue weighted by Crippen LogP contribution is 1.81. The van der Waals surface area contributed by atoms with Gasteiger partial charge in [-0.05, 0) is 6.92 Å². The summed E-state index contributed by atoms with van der Waals surface area (Å²) >= 11 is 0. The molecular weight excluding hydrogens is 164 g/mol. The Labute approximate surface area is 70.6 Å². The summed E-state index contributed by atoms with van der Waals surface area (Å²) in [6, 6.07) is 0. The maximum atomic E-state index is 9.74. The predicted molar refractivity (Wildman–Crippen MR) is 41.9 cm³/mol. The van der Waals surface area contributed by atoms with Crippen LogP contribution in [-0.2, 0) is 14.3 Å². The summed E-state index contributed by atoms with van der Waals surface area (Å²) in [6.45, 7) is 4.60. The molecule has 0 fully saturated rings. The van der Waals surface area contributed by atoms with Crippen molar-refractivity contribution in [1.82, 2.24) is 0 Å². The third kappa shape index (κ3) is 11.3. The molecule has 0 saturated carbocycles. The predicted octanol–water partition coefficient (Wildman–Crippen LogP) is 1.05. The number of ether oxygens (including phenoxy) is 2. The van der Waals surface area contributed by atoms with Crippen LogP contribution in [0, 0.1) is 0 Å². The van der Waals surface area contributed by atoms with Crippen molar-refractivity contribution < 1.29 is 24.2 Å². The summed E-state index contributed by atoms with van der Waals surface area (Å²) in [4.78, 5) is 19.3. The molecule has 0 heterocycles. The molecular formula is C7H12O5. The smallest absolute Gasteiger partial charge is 0.478 e. The molecule has 0 rings (SSSR count). The zero-order chi connectivity index (χ0) is 10.1. The van der Waals surface area contributed by atoms with Gasteiger partial charge < -0.3 is 14.6 Å². The van der Waals surface area contributed by atoms with Crippen molar-refractivity contribution >= 4 is 12.1 Å². The fraction of sp³-hybridized carbons (Fsp3) is 0.429. The summed E-state index contributed by atoms with van der Waals surface area (Å²) in [5.41, 5.74) is 0.176. The van der Waals surface area contributed by atoms with Gasteiger partial charge in [0.25, 0.3) is 0 Å². The number of carbonyl (C=O) groups excluding carboxylic acids is 1. The molecule has 0 aromatic heterocycles. The van der Waals surface area contributed by atoms with E-state index in [1.807, 2.05) is 0 Å². The number of rotatable bonds is 1. The highest BCUT2D eigenvalue weighted by Gasteiger charge is 1.90. The second kappa shape index (κ2) is 7.59. The van der Waals surface area contributed by atoms with Crippen LogP contribution in [0.3, 0.4) is 0 Å². The molecule has 0 spiro atoms. The van der Waals surface area contributed by atoms with Crippen LogP contribution in [0.15, 0.2) is 12.2 Å². The van der Waals surface area contributed by atoms with Crippen LogP contribution in [0.1, 0.15) is 6.92 Å². The first-order valence-electron chi connectivity index (χ1n) is 2.96. The van der Waals surface area contributed by atoms with Gasteiger partial charge >= 0.3 is 12.1 Å². The minimum atomic E-state index is -0.935. The molecule has 5 nitrogen and oxygen atoms in total. The zero-order valence-corrected chi connectivity index (χ0v) is 7.29. The number of methoxy groups -OCH3 is 2. The quantitative estimate of drug-likeness (QED) is 0.477. The van der Waals surface area contributed by atoms with Gasteiger partial charge in [0.1, 0.15) is 0 Å². The highest BCUT2D eigenvalue weighted by molar-refractivity contribution is 5.84. The van der Waals surface area contributed by atoms with Crippen molar-refractivity contribution in [3.63, 3.8) is 0 Å². The maximum Gasteiger partial charge on any atom is 0.507 e. The van der Waals surface area contributed by atoms with Crippen LogP contribution in [0.25, 0.3) is 0 Å². The Hall–Kier alpha value is -1.52. The fourth-order valence-corrected chi connectivity index (χ4v) is 0.0833. The average molecular weight is 176 g/mol. The van der Waals surface area contributed by atoms with Gasteiger partial charge in [0, 0.05) is 5.57 Å². The number of aliphatic carboxylic acids is 1. The lowest BCUT2D eigenvalue weighted by atomic mass is 10.4. The average Bonchev–Trinajstić information content (AvgIpc) is 2.04. The van der Waals surface area contributed by atoms with Crippen molar-refractivity contribution in [2.45, 2.75) is 6.92 Å². The summed E-state index contributed by atoms with van der Waals surface area (Å²) < 4.78 is 8.08. The van der Waals surface area contributed by atoms with E-state index < -0.39 is 12.1 Å². The molecule has 0 radical (unpaired) electrons.